The van der Waals surface area contributed by atoms with E-state index in [4.69, 9.17) is 11.6 Å². The quantitative estimate of drug-likeness (QED) is 0.697. The molecular formula is C12H8BrClO. The second kappa shape index (κ2) is 3.95. The minimum absolute atomic E-state index is 0.0809. The molecule has 0 aromatic heterocycles. The molecule has 0 unspecified atom stereocenters. The molecule has 76 valence electrons. The summed E-state index contributed by atoms with van der Waals surface area (Å²) in [5, 5.41) is 0.624. The highest BCUT2D eigenvalue weighted by molar-refractivity contribution is 9.15. The van der Waals surface area contributed by atoms with E-state index in [0.717, 1.165) is 15.6 Å². The molecule has 1 aromatic carbocycles. The number of rotatable bonds is 0. The van der Waals surface area contributed by atoms with Gasteiger partial charge in [-0.2, -0.15) is 0 Å². The third-order valence-electron chi connectivity index (χ3n) is 2.26. The predicted molar refractivity (Wildman–Crippen MR) is 66.4 cm³/mol. The molecule has 0 spiro atoms. The van der Waals surface area contributed by atoms with Crippen molar-refractivity contribution in [1.29, 1.82) is 0 Å². The van der Waals surface area contributed by atoms with Gasteiger partial charge in [0.2, 0.25) is 0 Å². The van der Waals surface area contributed by atoms with E-state index < -0.39 is 0 Å². The van der Waals surface area contributed by atoms with Crippen LogP contribution < -0.4 is 0 Å². The Labute approximate surface area is 102 Å². The molecule has 0 atom stereocenters. The molecule has 0 heterocycles. The number of hydrogen-bond acceptors (Lipinski definition) is 1. The Balaban J connectivity index is 2.67. The van der Waals surface area contributed by atoms with Crippen molar-refractivity contribution in [2.45, 2.75) is 6.42 Å². The van der Waals surface area contributed by atoms with E-state index in [-0.39, 0.29) is 5.78 Å². The zero-order valence-corrected chi connectivity index (χ0v) is 10.2. The van der Waals surface area contributed by atoms with Crippen molar-refractivity contribution < 1.29 is 4.79 Å². The average molecular weight is 284 g/mol. The van der Waals surface area contributed by atoms with Crippen LogP contribution >= 0.6 is 27.5 Å². The number of carbonyl (C=O) groups excluding carboxylic acids is 1. The third kappa shape index (κ3) is 2.06. The van der Waals surface area contributed by atoms with Crippen molar-refractivity contribution in [3.05, 3.63) is 52.6 Å². The minimum Gasteiger partial charge on any atom is -0.294 e. The average Bonchev–Trinajstić information content (AvgIpc) is 2.25. The van der Waals surface area contributed by atoms with Crippen LogP contribution in [0.3, 0.4) is 0 Å². The highest BCUT2D eigenvalue weighted by Gasteiger charge is 2.17. The molecule has 15 heavy (non-hydrogen) atoms. The van der Waals surface area contributed by atoms with Crippen LogP contribution in [0.4, 0.5) is 0 Å². The van der Waals surface area contributed by atoms with Crippen molar-refractivity contribution in [3.63, 3.8) is 0 Å². The van der Waals surface area contributed by atoms with E-state index >= 15 is 0 Å². The van der Waals surface area contributed by atoms with Crippen LogP contribution in [0.25, 0.3) is 4.48 Å². The van der Waals surface area contributed by atoms with Crippen molar-refractivity contribution >= 4 is 37.8 Å². The second-order valence-electron chi connectivity index (χ2n) is 3.44. The first kappa shape index (κ1) is 10.7. The van der Waals surface area contributed by atoms with Gasteiger partial charge < -0.3 is 0 Å². The monoisotopic (exact) mass is 282 g/mol. The van der Waals surface area contributed by atoms with Crippen LogP contribution in [0.15, 0.2) is 36.4 Å². The zero-order valence-electron chi connectivity index (χ0n) is 7.89. The SMILES string of the molecule is C=C1C=C(Br)c2cc(Cl)ccc2C(=O)C1. The predicted octanol–water partition coefficient (Wildman–Crippen LogP) is 4.22. The second-order valence-corrected chi connectivity index (χ2v) is 4.73. The highest BCUT2D eigenvalue weighted by atomic mass is 79.9. The lowest BCUT2D eigenvalue weighted by atomic mass is 10.0. The van der Waals surface area contributed by atoms with Gasteiger partial charge in [-0.25, -0.2) is 0 Å². The van der Waals surface area contributed by atoms with Crippen molar-refractivity contribution in [2.75, 3.05) is 0 Å². The van der Waals surface area contributed by atoms with Gasteiger partial charge in [-0.1, -0.05) is 34.1 Å². The lowest BCUT2D eigenvalue weighted by Crippen LogP contribution is -2.00. The summed E-state index contributed by atoms with van der Waals surface area (Å²) in [4.78, 5) is 11.8. The number of ketones is 1. The Kier molecular flexibility index (Phi) is 2.81. The zero-order chi connectivity index (χ0) is 11.0. The number of hydrogen-bond donors (Lipinski definition) is 0. The number of fused-ring (bicyclic) bond motifs is 1. The highest BCUT2D eigenvalue weighted by Crippen LogP contribution is 2.32. The molecule has 0 radical (unpaired) electrons. The molecule has 1 nitrogen and oxygen atoms in total. The lowest BCUT2D eigenvalue weighted by Gasteiger charge is -2.04. The molecule has 0 amide bonds. The molecule has 1 aliphatic carbocycles. The normalized spacial score (nSPS) is 15.7. The fourth-order valence-electron chi connectivity index (χ4n) is 1.57. The Bertz CT molecular complexity index is 488. The third-order valence-corrected chi connectivity index (χ3v) is 3.15. The summed E-state index contributed by atoms with van der Waals surface area (Å²) in [5.74, 6) is 0.0809. The fourth-order valence-corrected chi connectivity index (χ4v) is 2.39. The van der Waals surface area contributed by atoms with Gasteiger partial charge in [0, 0.05) is 27.1 Å². The Morgan fingerprint density at radius 2 is 2.07 bits per heavy atom. The molecule has 1 aliphatic rings. The fraction of sp³-hybridized carbons (Fsp3) is 0.0833. The first-order chi connectivity index (χ1) is 7.08. The van der Waals surface area contributed by atoms with Crippen molar-refractivity contribution in [1.82, 2.24) is 0 Å². The first-order valence-corrected chi connectivity index (χ1v) is 5.63. The number of allylic oxidation sites excluding steroid dienone is 2. The van der Waals surface area contributed by atoms with Crippen LogP contribution in [0.1, 0.15) is 22.3 Å². The Morgan fingerprint density at radius 3 is 2.80 bits per heavy atom. The molecule has 3 heteroatoms. The van der Waals surface area contributed by atoms with Crippen LogP contribution in [-0.4, -0.2) is 5.78 Å². The van der Waals surface area contributed by atoms with Crippen molar-refractivity contribution in [2.24, 2.45) is 0 Å². The van der Waals surface area contributed by atoms with E-state index in [1.165, 1.54) is 0 Å². The molecule has 0 saturated heterocycles. The molecule has 0 bridgehead atoms. The van der Waals surface area contributed by atoms with Gasteiger partial charge in [0.25, 0.3) is 0 Å². The summed E-state index contributed by atoms with van der Waals surface area (Å²) in [6.45, 7) is 3.82. The molecule has 1 aromatic rings. The lowest BCUT2D eigenvalue weighted by molar-refractivity contribution is 0.0994. The number of benzene rings is 1. The van der Waals surface area contributed by atoms with E-state index in [1.807, 2.05) is 6.08 Å². The minimum atomic E-state index is 0.0809. The molecule has 0 N–H and O–H groups in total. The van der Waals surface area contributed by atoms with Gasteiger partial charge in [0.15, 0.2) is 5.78 Å². The maximum Gasteiger partial charge on any atom is 0.167 e. The maximum absolute atomic E-state index is 11.8. The smallest absolute Gasteiger partial charge is 0.167 e. The summed E-state index contributed by atoms with van der Waals surface area (Å²) in [7, 11) is 0. The van der Waals surface area contributed by atoms with E-state index in [1.54, 1.807) is 18.2 Å². The van der Waals surface area contributed by atoms with Crippen LogP contribution in [0, 0.1) is 0 Å². The van der Waals surface area contributed by atoms with Crippen molar-refractivity contribution in [3.8, 4) is 0 Å². The Hall–Kier alpha value is -0.860. The summed E-state index contributed by atoms with van der Waals surface area (Å²) >= 11 is 9.33. The van der Waals surface area contributed by atoms with Gasteiger partial charge in [0.05, 0.1) is 0 Å². The van der Waals surface area contributed by atoms with E-state index in [9.17, 15) is 4.79 Å². The Morgan fingerprint density at radius 1 is 1.33 bits per heavy atom. The summed E-state index contributed by atoms with van der Waals surface area (Å²) in [6, 6.07) is 5.27. The summed E-state index contributed by atoms with van der Waals surface area (Å²) < 4.78 is 0.857. The largest absolute Gasteiger partial charge is 0.294 e. The summed E-state index contributed by atoms with van der Waals surface area (Å²) in [6.07, 6.45) is 2.23. The summed E-state index contributed by atoms with van der Waals surface area (Å²) in [5.41, 5.74) is 2.34. The molecule has 0 fully saturated rings. The molecule has 2 rings (SSSR count). The van der Waals surface area contributed by atoms with Crippen LogP contribution in [-0.2, 0) is 0 Å². The van der Waals surface area contributed by atoms with E-state index in [0.29, 0.717) is 17.0 Å². The van der Waals surface area contributed by atoms with Gasteiger partial charge in [-0.15, -0.1) is 0 Å². The molecular weight excluding hydrogens is 275 g/mol. The number of Topliss-reactive ketones (excluding diaryl/α,β-unsaturated/α-hetero) is 1. The maximum atomic E-state index is 11.8. The van der Waals surface area contributed by atoms with Gasteiger partial charge in [0.1, 0.15) is 0 Å². The number of carbonyl (C=O) groups is 1. The number of halogens is 2. The van der Waals surface area contributed by atoms with Crippen LogP contribution in [0.2, 0.25) is 5.02 Å². The van der Waals surface area contributed by atoms with Gasteiger partial charge in [-0.3, -0.25) is 4.79 Å². The molecule has 0 saturated carbocycles. The van der Waals surface area contributed by atoms with Gasteiger partial charge in [-0.05, 0) is 29.8 Å². The van der Waals surface area contributed by atoms with Gasteiger partial charge >= 0.3 is 0 Å². The first-order valence-electron chi connectivity index (χ1n) is 4.46. The van der Waals surface area contributed by atoms with Crippen LogP contribution in [0.5, 0.6) is 0 Å². The molecule has 0 aliphatic heterocycles. The topological polar surface area (TPSA) is 17.1 Å². The van der Waals surface area contributed by atoms with E-state index in [2.05, 4.69) is 22.5 Å². The standard InChI is InChI=1S/C12H8BrClO/c1-7-4-11(13)10-6-8(14)2-3-9(10)12(15)5-7/h2-4,6H,1,5H2.